The third kappa shape index (κ3) is 4.10. The number of nitrogens with zero attached hydrogens (tertiary/aromatic N) is 2. The molecule has 1 heterocycles. The van der Waals surface area contributed by atoms with Crippen molar-refractivity contribution in [1.29, 1.82) is 0 Å². The molecule has 1 aromatic heterocycles. The molecular weight excluding hydrogens is 250 g/mol. The number of ether oxygens (including phenoxy) is 1. The third-order valence-electron chi connectivity index (χ3n) is 3.14. The van der Waals surface area contributed by atoms with Gasteiger partial charge in [0.1, 0.15) is 6.10 Å². The molecule has 1 atom stereocenters. The lowest BCUT2D eigenvalue weighted by Gasteiger charge is -2.19. The van der Waals surface area contributed by atoms with Crippen molar-refractivity contribution in [3.05, 3.63) is 48.3 Å². The maximum absolute atomic E-state index is 6.08. The fourth-order valence-corrected chi connectivity index (χ4v) is 2.05. The summed E-state index contributed by atoms with van der Waals surface area (Å²) in [6.45, 7) is 6.88. The number of aryl methyl sites for hydroxylation is 1. The fraction of sp³-hybridized carbons (Fsp3) is 0.438. The molecule has 0 aliphatic carbocycles. The van der Waals surface area contributed by atoms with Crippen LogP contribution in [0.25, 0.3) is 0 Å². The summed E-state index contributed by atoms with van der Waals surface area (Å²) < 4.78 is 7.96. The largest absolute Gasteiger partial charge is 0.481 e. The third-order valence-corrected chi connectivity index (χ3v) is 3.14. The van der Waals surface area contributed by atoms with E-state index >= 15 is 0 Å². The Bertz CT molecular complexity index is 495. The first-order valence-corrected chi connectivity index (χ1v) is 7.28. The Morgan fingerprint density at radius 1 is 1.25 bits per heavy atom. The Labute approximate surface area is 120 Å². The molecule has 20 heavy (non-hydrogen) atoms. The van der Waals surface area contributed by atoms with Crippen LogP contribution in [0.3, 0.4) is 0 Å². The highest BCUT2D eigenvalue weighted by Gasteiger charge is 2.13. The summed E-state index contributed by atoms with van der Waals surface area (Å²) in [6.07, 6.45) is 4.85. The number of benzene rings is 1. The van der Waals surface area contributed by atoms with Gasteiger partial charge in [-0.2, -0.15) is 5.10 Å². The molecular formula is C16H23N3O. The van der Waals surface area contributed by atoms with Gasteiger partial charge in [0, 0.05) is 13.1 Å². The van der Waals surface area contributed by atoms with E-state index < -0.39 is 0 Å². The summed E-state index contributed by atoms with van der Waals surface area (Å²) in [6, 6.07) is 10.3. The number of hydrogen-bond acceptors (Lipinski definition) is 3. The van der Waals surface area contributed by atoms with Crippen LogP contribution in [0.2, 0.25) is 0 Å². The van der Waals surface area contributed by atoms with E-state index in [1.807, 2.05) is 29.1 Å². The second kappa shape index (κ2) is 7.70. The van der Waals surface area contributed by atoms with Gasteiger partial charge in [-0.1, -0.05) is 37.3 Å². The number of nitrogens with one attached hydrogen (secondary N) is 1. The molecule has 0 radical (unpaired) electrons. The van der Waals surface area contributed by atoms with Crippen LogP contribution in [0.5, 0.6) is 5.75 Å². The smallest absolute Gasteiger partial charge is 0.158 e. The average Bonchev–Trinajstić information content (AvgIpc) is 2.95. The lowest BCUT2D eigenvalue weighted by molar-refractivity contribution is 0.201. The van der Waals surface area contributed by atoms with Crippen molar-refractivity contribution in [3.8, 4) is 5.75 Å². The van der Waals surface area contributed by atoms with Gasteiger partial charge in [0.15, 0.2) is 5.75 Å². The first-order valence-electron chi connectivity index (χ1n) is 7.28. The average molecular weight is 273 g/mol. The van der Waals surface area contributed by atoms with Gasteiger partial charge >= 0.3 is 0 Å². The van der Waals surface area contributed by atoms with E-state index in [2.05, 4.69) is 36.4 Å². The van der Waals surface area contributed by atoms with Crippen LogP contribution in [-0.4, -0.2) is 22.9 Å². The Kier molecular flexibility index (Phi) is 5.62. The summed E-state index contributed by atoms with van der Waals surface area (Å²) in [5.74, 6) is 0.819. The predicted molar refractivity (Wildman–Crippen MR) is 80.9 cm³/mol. The van der Waals surface area contributed by atoms with Gasteiger partial charge in [-0.15, -0.1) is 0 Å². The van der Waals surface area contributed by atoms with Gasteiger partial charge in [-0.05, 0) is 25.5 Å². The molecule has 0 bridgehead atoms. The maximum Gasteiger partial charge on any atom is 0.158 e. The Morgan fingerprint density at radius 3 is 2.70 bits per heavy atom. The fourth-order valence-electron chi connectivity index (χ4n) is 2.05. The maximum atomic E-state index is 6.08. The lowest BCUT2D eigenvalue weighted by Crippen LogP contribution is -2.25. The number of hydrogen-bond donors (Lipinski definition) is 1. The molecule has 0 aliphatic rings. The van der Waals surface area contributed by atoms with Crippen LogP contribution in [0.15, 0.2) is 42.7 Å². The minimum Gasteiger partial charge on any atom is -0.481 e. The molecule has 1 aromatic carbocycles. The van der Waals surface area contributed by atoms with E-state index in [1.165, 1.54) is 5.56 Å². The zero-order valence-electron chi connectivity index (χ0n) is 12.2. The molecule has 0 saturated heterocycles. The molecule has 0 fully saturated rings. The van der Waals surface area contributed by atoms with Crippen LogP contribution in [0.1, 0.15) is 31.9 Å². The Morgan fingerprint density at radius 2 is 2.05 bits per heavy atom. The Balaban J connectivity index is 2.05. The summed E-state index contributed by atoms with van der Waals surface area (Å²) in [5.41, 5.74) is 1.18. The first-order chi connectivity index (χ1) is 9.83. The van der Waals surface area contributed by atoms with Crippen molar-refractivity contribution in [2.45, 2.75) is 32.9 Å². The molecule has 4 nitrogen and oxygen atoms in total. The number of aromatic nitrogens is 2. The topological polar surface area (TPSA) is 39.1 Å². The molecule has 1 N–H and O–H groups in total. The van der Waals surface area contributed by atoms with E-state index in [0.29, 0.717) is 0 Å². The van der Waals surface area contributed by atoms with Crippen molar-refractivity contribution in [1.82, 2.24) is 15.1 Å². The molecule has 0 saturated carbocycles. The molecule has 108 valence electrons. The second-order valence-corrected chi connectivity index (χ2v) is 4.75. The minimum atomic E-state index is 0.0113. The van der Waals surface area contributed by atoms with Crippen LogP contribution in [-0.2, 0) is 6.54 Å². The van der Waals surface area contributed by atoms with Crippen LogP contribution >= 0.6 is 0 Å². The van der Waals surface area contributed by atoms with Gasteiger partial charge in [0.05, 0.1) is 12.4 Å². The zero-order valence-corrected chi connectivity index (χ0v) is 12.2. The van der Waals surface area contributed by atoms with E-state index in [4.69, 9.17) is 4.74 Å². The Hall–Kier alpha value is -1.81. The molecule has 0 spiro atoms. The zero-order chi connectivity index (χ0) is 14.2. The molecule has 0 aliphatic heterocycles. The van der Waals surface area contributed by atoms with Crippen LogP contribution in [0, 0.1) is 0 Å². The highest BCUT2D eigenvalue weighted by molar-refractivity contribution is 5.21. The molecule has 2 rings (SSSR count). The van der Waals surface area contributed by atoms with E-state index in [1.54, 1.807) is 6.20 Å². The monoisotopic (exact) mass is 273 g/mol. The van der Waals surface area contributed by atoms with Crippen molar-refractivity contribution < 1.29 is 4.74 Å². The van der Waals surface area contributed by atoms with Gasteiger partial charge in [-0.3, -0.25) is 4.68 Å². The van der Waals surface area contributed by atoms with Crippen molar-refractivity contribution in [2.75, 3.05) is 13.1 Å². The molecule has 1 unspecified atom stereocenters. The molecule has 0 amide bonds. The first kappa shape index (κ1) is 14.6. The second-order valence-electron chi connectivity index (χ2n) is 4.75. The van der Waals surface area contributed by atoms with E-state index in [0.717, 1.165) is 31.8 Å². The molecule has 2 aromatic rings. The summed E-state index contributed by atoms with van der Waals surface area (Å²) in [7, 11) is 0. The van der Waals surface area contributed by atoms with Crippen molar-refractivity contribution in [2.24, 2.45) is 0 Å². The quantitative estimate of drug-likeness (QED) is 0.751. The van der Waals surface area contributed by atoms with Crippen molar-refractivity contribution >= 4 is 0 Å². The standard InChI is InChI=1S/C16H23N3O/c1-3-10-17-12-16(14-8-6-5-7-9-14)20-15-11-18-19(4-2)13-15/h5-9,11,13,16-17H,3-4,10,12H2,1-2H3. The summed E-state index contributed by atoms with van der Waals surface area (Å²) in [5, 5.41) is 7.67. The van der Waals surface area contributed by atoms with E-state index in [9.17, 15) is 0 Å². The minimum absolute atomic E-state index is 0.0113. The van der Waals surface area contributed by atoms with Gasteiger partial charge in [0.25, 0.3) is 0 Å². The predicted octanol–water partition coefficient (Wildman–Crippen LogP) is 3.02. The number of rotatable bonds is 8. The van der Waals surface area contributed by atoms with Crippen LogP contribution < -0.4 is 10.1 Å². The van der Waals surface area contributed by atoms with Gasteiger partial charge in [-0.25, -0.2) is 0 Å². The van der Waals surface area contributed by atoms with Gasteiger partial charge < -0.3 is 10.1 Å². The van der Waals surface area contributed by atoms with E-state index in [-0.39, 0.29) is 6.10 Å². The SMILES string of the molecule is CCCNCC(Oc1cnn(CC)c1)c1ccccc1. The summed E-state index contributed by atoms with van der Waals surface area (Å²) in [4.78, 5) is 0. The highest BCUT2D eigenvalue weighted by atomic mass is 16.5. The lowest BCUT2D eigenvalue weighted by atomic mass is 10.1. The highest BCUT2D eigenvalue weighted by Crippen LogP contribution is 2.21. The summed E-state index contributed by atoms with van der Waals surface area (Å²) >= 11 is 0. The van der Waals surface area contributed by atoms with Crippen LogP contribution in [0.4, 0.5) is 0 Å². The molecule has 4 heteroatoms. The van der Waals surface area contributed by atoms with Crippen molar-refractivity contribution in [3.63, 3.8) is 0 Å². The van der Waals surface area contributed by atoms with Gasteiger partial charge in [0.2, 0.25) is 0 Å². The normalized spacial score (nSPS) is 12.3.